The lowest BCUT2D eigenvalue weighted by Gasteiger charge is -2.45. The van der Waals surface area contributed by atoms with E-state index in [0.29, 0.717) is 23.9 Å². The Hall–Kier alpha value is -4.72. The standard InChI is InChI=1S/C41H57N3O11/c1-38(2,3)34(45)50-22-26-28(52-35(46)39(4,5)6)29(53-36(47)40(7,8)9)30(54-37(48)41(10,11)12)33(51-26)55-32-27-24(20-21-42-31(27)43-44-32)17-14-23-15-18-25(49-13)19-16-23/h15-16,18-21,26,28-30,33H,14,17,22H2,1-13H3,(H,42,43,44)/t26-,28-,29+,30-,33+/m1/s1. The van der Waals surface area contributed by atoms with Crippen LogP contribution in [0.25, 0.3) is 11.0 Å². The number of hydrogen-bond acceptors (Lipinski definition) is 13. The minimum absolute atomic E-state index is 0.0751. The average Bonchev–Trinajstić information content (AvgIpc) is 3.50. The number of benzene rings is 1. The van der Waals surface area contributed by atoms with Gasteiger partial charge >= 0.3 is 23.9 Å². The predicted molar refractivity (Wildman–Crippen MR) is 202 cm³/mol. The molecule has 5 atom stereocenters. The number of H-pyrrole nitrogens is 1. The van der Waals surface area contributed by atoms with E-state index in [0.717, 1.165) is 16.9 Å². The first kappa shape index (κ1) is 43.0. The summed E-state index contributed by atoms with van der Waals surface area (Å²) in [5, 5.41) is 7.88. The van der Waals surface area contributed by atoms with E-state index in [1.54, 1.807) is 96.4 Å². The third-order valence-electron chi connectivity index (χ3n) is 8.73. The second-order valence-corrected chi connectivity index (χ2v) is 17.9. The van der Waals surface area contributed by atoms with E-state index in [-0.39, 0.29) is 5.88 Å². The Kier molecular flexibility index (Phi) is 13.0. The monoisotopic (exact) mass is 767 g/mol. The van der Waals surface area contributed by atoms with Crippen molar-refractivity contribution in [2.45, 2.75) is 127 Å². The first-order chi connectivity index (χ1) is 25.4. The molecule has 1 saturated heterocycles. The number of pyridine rings is 1. The first-order valence-electron chi connectivity index (χ1n) is 18.5. The van der Waals surface area contributed by atoms with Gasteiger partial charge in [-0.15, -0.1) is 5.10 Å². The second-order valence-electron chi connectivity index (χ2n) is 17.9. The van der Waals surface area contributed by atoms with Crippen molar-refractivity contribution in [1.29, 1.82) is 0 Å². The van der Waals surface area contributed by atoms with E-state index in [4.69, 9.17) is 33.2 Å². The molecule has 55 heavy (non-hydrogen) atoms. The number of esters is 4. The van der Waals surface area contributed by atoms with Crippen molar-refractivity contribution in [3.63, 3.8) is 0 Å². The Bertz CT molecular complexity index is 1830. The summed E-state index contributed by atoms with van der Waals surface area (Å²) in [5.41, 5.74) is -1.56. The van der Waals surface area contributed by atoms with Crippen LogP contribution in [0.4, 0.5) is 0 Å². The maximum Gasteiger partial charge on any atom is 0.311 e. The highest BCUT2D eigenvalue weighted by Crippen LogP contribution is 2.36. The Labute approximate surface area is 323 Å². The summed E-state index contributed by atoms with van der Waals surface area (Å²) >= 11 is 0. The molecule has 2 aromatic heterocycles. The normalized spacial score (nSPS) is 20.7. The summed E-state index contributed by atoms with van der Waals surface area (Å²) in [6.45, 7) is 19.6. The quantitative estimate of drug-likeness (QED) is 0.170. The van der Waals surface area contributed by atoms with Gasteiger partial charge in [0.1, 0.15) is 18.5 Å². The van der Waals surface area contributed by atoms with Crippen LogP contribution in [0.1, 0.15) is 94.2 Å². The van der Waals surface area contributed by atoms with Gasteiger partial charge in [-0.05, 0) is 125 Å². The molecule has 1 aliphatic heterocycles. The molecule has 0 bridgehead atoms. The van der Waals surface area contributed by atoms with Crippen molar-refractivity contribution in [3.8, 4) is 11.6 Å². The molecule has 302 valence electrons. The Balaban J connectivity index is 1.83. The van der Waals surface area contributed by atoms with Crippen LogP contribution in [-0.4, -0.2) is 83.5 Å². The van der Waals surface area contributed by atoms with Gasteiger partial charge in [-0.1, -0.05) is 12.1 Å². The van der Waals surface area contributed by atoms with Gasteiger partial charge in [0.05, 0.1) is 34.2 Å². The van der Waals surface area contributed by atoms with E-state index in [9.17, 15) is 19.2 Å². The van der Waals surface area contributed by atoms with Crippen LogP contribution < -0.4 is 9.47 Å². The predicted octanol–water partition coefficient (Wildman–Crippen LogP) is 6.32. The summed E-state index contributed by atoms with van der Waals surface area (Å²) in [6.07, 6.45) is -4.20. The molecule has 14 nitrogen and oxygen atoms in total. The average molecular weight is 768 g/mol. The number of rotatable bonds is 11. The van der Waals surface area contributed by atoms with Crippen molar-refractivity contribution < 1.29 is 52.3 Å². The van der Waals surface area contributed by atoms with Crippen LogP contribution in [0.3, 0.4) is 0 Å². The van der Waals surface area contributed by atoms with Gasteiger partial charge in [0.25, 0.3) is 0 Å². The molecule has 0 saturated carbocycles. The van der Waals surface area contributed by atoms with Gasteiger partial charge in [-0.25, -0.2) is 4.98 Å². The lowest BCUT2D eigenvalue weighted by atomic mass is 9.93. The zero-order valence-corrected chi connectivity index (χ0v) is 34.4. The number of carbonyl (C=O) groups excluding carboxylic acids is 4. The number of nitrogens with one attached hydrogen (secondary N) is 1. The van der Waals surface area contributed by atoms with Crippen molar-refractivity contribution in [2.75, 3.05) is 13.7 Å². The van der Waals surface area contributed by atoms with Gasteiger partial charge in [0.15, 0.2) is 17.9 Å². The molecule has 1 aromatic carbocycles. The van der Waals surface area contributed by atoms with E-state index >= 15 is 0 Å². The molecule has 14 heteroatoms. The van der Waals surface area contributed by atoms with Crippen LogP contribution in [0.5, 0.6) is 11.6 Å². The summed E-state index contributed by atoms with van der Waals surface area (Å²) in [7, 11) is 1.61. The SMILES string of the molecule is COc1ccc(CCc2ccnc3[nH]nc(O[C@@H]4O[C@H](COC(=O)C(C)(C)C)[C@@H](OC(=O)C(C)(C)C)[C@H](OC(=O)C(C)(C)C)[C@H]4OC(=O)C(C)(C)C)c23)cc1. The third kappa shape index (κ3) is 11.0. The molecule has 0 amide bonds. The fourth-order valence-electron chi connectivity index (χ4n) is 5.24. The summed E-state index contributed by atoms with van der Waals surface area (Å²) in [5.74, 6) is -1.72. The number of hydrogen-bond donors (Lipinski definition) is 1. The molecule has 0 spiro atoms. The van der Waals surface area contributed by atoms with E-state index in [1.807, 2.05) is 30.3 Å². The van der Waals surface area contributed by atoms with Gasteiger partial charge in [0.2, 0.25) is 18.3 Å². The molecule has 0 aliphatic carbocycles. The molecule has 4 rings (SSSR count). The number of aromatic amines is 1. The molecule has 3 heterocycles. The van der Waals surface area contributed by atoms with Crippen LogP contribution in [0, 0.1) is 21.7 Å². The second kappa shape index (κ2) is 16.6. The minimum atomic E-state index is -1.51. The number of carbonyl (C=O) groups is 4. The van der Waals surface area contributed by atoms with Crippen molar-refractivity contribution in [1.82, 2.24) is 15.2 Å². The smallest absolute Gasteiger partial charge is 0.311 e. The highest BCUT2D eigenvalue weighted by Gasteiger charge is 2.56. The summed E-state index contributed by atoms with van der Waals surface area (Å²) in [6, 6.07) is 9.63. The maximum atomic E-state index is 13.7. The van der Waals surface area contributed by atoms with E-state index < -0.39 is 82.8 Å². The number of aromatic nitrogens is 3. The molecule has 3 aromatic rings. The van der Waals surface area contributed by atoms with Gasteiger partial charge in [0, 0.05) is 6.20 Å². The topological polar surface area (TPSA) is 174 Å². The fraction of sp³-hybridized carbons (Fsp3) is 0.610. The molecular formula is C41H57N3O11. The number of methoxy groups -OCH3 is 1. The minimum Gasteiger partial charge on any atom is -0.497 e. The highest BCUT2D eigenvalue weighted by atomic mass is 16.7. The number of fused-ring (bicyclic) bond motifs is 1. The van der Waals surface area contributed by atoms with E-state index in [2.05, 4.69) is 15.2 Å². The molecule has 0 unspecified atom stereocenters. The Morgan fingerprint density at radius 2 is 1.22 bits per heavy atom. The molecular weight excluding hydrogens is 710 g/mol. The lowest BCUT2D eigenvalue weighted by molar-refractivity contribution is -0.294. The molecule has 1 fully saturated rings. The maximum absolute atomic E-state index is 13.7. The summed E-state index contributed by atoms with van der Waals surface area (Å²) in [4.78, 5) is 58.3. The Morgan fingerprint density at radius 3 is 1.75 bits per heavy atom. The van der Waals surface area contributed by atoms with E-state index in [1.165, 1.54) is 0 Å². The number of aryl methyl sites for hydroxylation is 2. The van der Waals surface area contributed by atoms with Gasteiger partial charge in [-0.3, -0.25) is 24.3 Å². The van der Waals surface area contributed by atoms with Crippen LogP contribution in [0.2, 0.25) is 0 Å². The largest absolute Gasteiger partial charge is 0.497 e. The molecule has 1 N–H and O–H groups in total. The summed E-state index contributed by atoms with van der Waals surface area (Å²) < 4.78 is 42.3. The third-order valence-corrected chi connectivity index (χ3v) is 8.73. The van der Waals surface area contributed by atoms with Gasteiger partial charge < -0.3 is 33.2 Å². The molecule has 1 aliphatic rings. The number of ether oxygens (including phenoxy) is 7. The zero-order chi connectivity index (χ0) is 41.1. The van der Waals surface area contributed by atoms with Crippen molar-refractivity contribution in [2.24, 2.45) is 21.7 Å². The number of nitrogens with zero attached hydrogens (tertiary/aromatic N) is 2. The highest BCUT2D eigenvalue weighted by molar-refractivity contribution is 5.84. The van der Waals surface area contributed by atoms with Crippen LogP contribution >= 0.6 is 0 Å². The van der Waals surface area contributed by atoms with Crippen LogP contribution in [0.15, 0.2) is 36.5 Å². The Morgan fingerprint density at radius 1 is 0.691 bits per heavy atom. The van der Waals surface area contributed by atoms with Gasteiger partial charge in [-0.2, -0.15) is 0 Å². The van der Waals surface area contributed by atoms with Crippen LogP contribution in [-0.2, 0) is 55.7 Å². The first-order valence-corrected chi connectivity index (χ1v) is 18.5. The van der Waals surface area contributed by atoms with Crippen molar-refractivity contribution in [3.05, 3.63) is 47.7 Å². The fourth-order valence-corrected chi connectivity index (χ4v) is 5.24. The van der Waals surface area contributed by atoms with Crippen molar-refractivity contribution >= 4 is 34.9 Å². The molecule has 0 radical (unpaired) electrons. The lowest BCUT2D eigenvalue weighted by Crippen LogP contribution is -2.65. The zero-order valence-electron chi connectivity index (χ0n) is 34.4.